The molecule has 0 fully saturated rings. The van der Waals surface area contributed by atoms with Gasteiger partial charge in [0.15, 0.2) is 0 Å². The average Bonchev–Trinajstić information content (AvgIpc) is 2.48. The molecule has 0 aliphatic rings. The van der Waals surface area contributed by atoms with E-state index < -0.39 is 16.7 Å². The Morgan fingerprint density at radius 3 is 1.76 bits per heavy atom. The molecule has 0 radical (unpaired) electrons. The van der Waals surface area contributed by atoms with Crippen LogP contribution in [0.4, 0.5) is 0 Å². The van der Waals surface area contributed by atoms with Crippen molar-refractivity contribution in [2.75, 3.05) is 0 Å². The first-order chi connectivity index (χ1) is 10.1. The number of nitrogens with two attached hydrogens (primary N) is 1. The van der Waals surface area contributed by atoms with E-state index in [2.05, 4.69) is 0 Å². The van der Waals surface area contributed by atoms with Gasteiger partial charge in [0, 0.05) is 27.9 Å². The normalized spacial score (nSPS) is 12.0. The Hall–Kier alpha value is -1.98. The van der Waals surface area contributed by atoms with Crippen molar-refractivity contribution in [2.45, 2.75) is 18.1 Å². The molecule has 0 heterocycles. The smallest absolute Gasteiger partial charge is 0.248 e. The predicted molar refractivity (Wildman–Crippen MR) is 82.9 cm³/mol. The molecule has 2 aromatic carbocycles. The van der Waals surface area contributed by atoms with Gasteiger partial charge in [0.05, 0.1) is 6.61 Å². The summed E-state index contributed by atoms with van der Waals surface area (Å²) in [4.78, 5) is 11.0. The fraction of sp³-hybridized carbons (Fsp3) is 0.188. The summed E-state index contributed by atoms with van der Waals surface area (Å²) < 4.78 is 12.1. The molecule has 1 atom stereocenters. The molecular formula is C16H17NO3S. The molecule has 21 heavy (non-hydrogen) atoms. The first-order valence-corrected chi connectivity index (χ1v) is 7.99. The number of rotatable bonds is 6. The van der Waals surface area contributed by atoms with Gasteiger partial charge in [0.1, 0.15) is 0 Å². The third-order valence-corrected chi connectivity index (χ3v) is 4.41. The molecule has 0 bridgehead atoms. The molecule has 0 saturated heterocycles. The van der Waals surface area contributed by atoms with Gasteiger partial charge in [-0.1, -0.05) is 36.4 Å². The summed E-state index contributed by atoms with van der Waals surface area (Å²) in [5, 5.41) is 8.97. The average molecular weight is 303 g/mol. The summed E-state index contributed by atoms with van der Waals surface area (Å²) in [6, 6.07) is 14.2. The first-order valence-electron chi connectivity index (χ1n) is 6.51. The van der Waals surface area contributed by atoms with E-state index in [1.807, 2.05) is 24.3 Å². The van der Waals surface area contributed by atoms with E-state index in [0.29, 0.717) is 17.1 Å². The Kier molecular flexibility index (Phi) is 5.25. The lowest BCUT2D eigenvalue weighted by Crippen LogP contribution is -2.10. The Labute approximate surface area is 126 Å². The van der Waals surface area contributed by atoms with Gasteiger partial charge in [-0.15, -0.1) is 0 Å². The second-order valence-electron chi connectivity index (χ2n) is 4.76. The number of carbonyl (C=O) groups excluding carboxylic acids is 1. The van der Waals surface area contributed by atoms with E-state index >= 15 is 0 Å². The van der Waals surface area contributed by atoms with E-state index in [-0.39, 0.29) is 6.61 Å². The predicted octanol–water partition coefficient (Wildman–Crippen LogP) is 1.73. The number of hydrogen-bond acceptors (Lipinski definition) is 3. The highest BCUT2D eigenvalue weighted by Gasteiger charge is 2.05. The van der Waals surface area contributed by atoms with Crippen molar-refractivity contribution in [3.63, 3.8) is 0 Å². The van der Waals surface area contributed by atoms with Crippen molar-refractivity contribution >= 4 is 16.7 Å². The highest BCUT2D eigenvalue weighted by Crippen LogP contribution is 2.11. The van der Waals surface area contributed by atoms with Crippen LogP contribution in [0.2, 0.25) is 0 Å². The van der Waals surface area contributed by atoms with Gasteiger partial charge in [-0.2, -0.15) is 0 Å². The van der Waals surface area contributed by atoms with Gasteiger partial charge >= 0.3 is 0 Å². The van der Waals surface area contributed by atoms with Gasteiger partial charge in [0.2, 0.25) is 5.91 Å². The third kappa shape index (κ3) is 4.51. The number of hydrogen-bond donors (Lipinski definition) is 2. The van der Waals surface area contributed by atoms with E-state index in [9.17, 15) is 9.00 Å². The van der Waals surface area contributed by atoms with Crippen molar-refractivity contribution in [1.29, 1.82) is 0 Å². The molecule has 0 spiro atoms. The van der Waals surface area contributed by atoms with E-state index in [0.717, 1.165) is 16.7 Å². The molecular weight excluding hydrogens is 286 g/mol. The van der Waals surface area contributed by atoms with Crippen molar-refractivity contribution in [3.8, 4) is 0 Å². The monoisotopic (exact) mass is 303 g/mol. The molecule has 3 N–H and O–H groups in total. The molecule has 1 unspecified atom stereocenters. The molecule has 4 nitrogen and oxygen atoms in total. The quantitative estimate of drug-likeness (QED) is 0.852. The minimum Gasteiger partial charge on any atom is -0.392 e. The summed E-state index contributed by atoms with van der Waals surface area (Å²) in [7, 11) is -1.03. The van der Waals surface area contributed by atoms with Crippen molar-refractivity contribution in [1.82, 2.24) is 0 Å². The number of amides is 1. The van der Waals surface area contributed by atoms with Crippen molar-refractivity contribution in [2.24, 2.45) is 5.73 Å². The van der Waals surface area contributed by atoms with Crippen LogP contribution in [0.1, 0.15) is 27.0 Å². The van der Waals surface area contributed by atoms with Crippen LogP contribution in [0, 0.1) is 0 Å². The van der Waals surface area contributed by atoms with Crippen LogP contribution in [-0.2, 0) is 28.9 Å². The fourth-order valence-corrected chi connectivity index (χ4v) is 3.16. The largest absolute Gasteiger partial charge is 0.392 e. The first kappa shape index (κ1) is 15.4. The van der Waals surface area contributed by atoms with Gasteiger partial charge in [0.25, 0.3) is 0 Å². The summed E-state index contributed by atoms with van der Waals surface area (Å²) in [5.74, 6) is 0.427. The maximum atomic E-state index is 12.1. The fourth-order valence-electron chi connectivity index (χ4n) is 1.93. The molecule has 0 saturated carbocycles. The van der Waals surface area contributed by atoms with E-state index in [1.54, 1.807) is 24.3 Å². The maximum Gasteiger partial charge on any atom is 0.248 e. The van der Waals surface area contributed by atoms with Crippen LogP contribution in [0.25, 0.3) is 0 Å². The molecule has 5 heteroatoms. The minimum atomic E-state index is -1.03. The van der Waals surface area contributed by atoms with Gasteiger partial charge in [-0.05, 0) is 28.8 Å². The number of aliphatic hydroxyl groups excluding tert-OH is 1. The maximum absolute atomic E-state index is 12.1. The Morgan fingerprint density at radius 2 is 1.33 bits per heavy atom. The van der Waals surface area contributed by atoms with Crippen molar-refractivity contribution < 1.29 is 14.1 Å². The van der Waals surface area contributed by atoms with Crippen molar-refractivity contribution in [3.05, 3.63) is 70.8 Å². The zero-order valence-corrected chi connectivity index (χ0v) is 12.3. The van der Waals surface area contributed by atoms with Gasteiger partial charge in [-0.3, -0.25) is 9.00 Å². The van der Waals surface area contributed by atoms with Crippen LogP contribution >= 0.6 is 0 Å². The lowest BCUT2D eigenvalue weighted by atomic mass is 10.1. The van der Waals surface area contributed by atoms with Crippen LogP contribution < -0.4 is 5.73 Å². The molecule has 0 aliphatic carbocycles. The highest BCUT2D eigenvalue weighted by atomic mass is 32.2. The summed E-state index contributed by atoms with van der Waals surface area (Å²) >= 11 is 0. The molecule has 2 rings (SSSR count). The summed E-state index contributed by atoms with van der Waals surface area (Å²) in [5.41, 5.74) is 8.34. The number of carbonyl (C=O) groups is 1. The highest BCUT2D eigenvalue weighted by molar-refractivity contribution is 7.83. The van der Waals surface area contributed by atoms with E-state index in [1.165, 1.54) is 0 Å². The summed E-state index contributed by atoms with van der Waals surface area (Å²) in [6.45, 7) is 0.00950. The standard InChI is InChI=1S/C16H17NO3S/c17-16(19)15-7-5-14(6-8-15)11-21(20)10-13-3-1-12(9-18)2-4-13/h1-8,18H,9-11H2,(H2,17,19). The van der Waals surface area contributed by atoms with Crippen LogP contribution in [0.3, 0.4) is 0 Å². The molecule has 2 aromatic rings. The van der Waals surface area contributed by atoms with Crippen LogP contribution in [0.5, 0.6) is 0 Å². The number of benzene rings is 2. The van der Waals surface area contributed by atoms with Gasteiger partial charge in [-0.25, -0.2) is 0 Å². The second-order valence-corrected chi connectivity index (χ2v) is 6.22. The zero-order chi connectivity index (χ0) is 15.2. The topological polar surface area (TPSA) is 80.4 Å². The molecule has 0 aliphatic heterocycles. The second kappa shape index (κ2) is 7.15. The zero-order valence-electron chi connectivity index (χ0n) is 11.5. The lowest BCUT2D eigenvalue weighted by molar-refractivity contribution is 0.100. The molecule has 110 valence electrons. The number of aliphatic hydroxyl groups is 1. The van der Waals surface area contributed by atoms with E-state index in [4.69, 9.17) is 10.8 Å². The SMILES string of the molecule is NC(=O)c1ccc(CS(=O)Cc2ccc(CO)cc2)cc1. The van der Waals surface area contributed by atoms with Crippen LogP contribution in [-0.4, -0.2) is 15.2 Å². The molecule has 1 amide bonds. The Bertz CT molecular complexity index is 636. The van der Waals surface area contributed by atoms with Crippen LogP contribution in [0.15, 0.2) is 48.5 Å². The third-order valence-electron chi connectivity index (χ3n) is 3.10. The number of primary amides is 1. The Morgan fingerprint density at radius 1 is 0.905 bits per heavy atom. The molecule has 0 aromatic heterocycles. The lowest BCUT2D eigenvalue weighted by Gasteiger charge is -2.05. The summed E-state index contributed by atoms with van der Waals surface area (Å²) in [6.07, 6.45) is 0. The minimum absolute atomic E-state index is 0.00950. The van der Waals surface area contributed by atoms with Gasteiger partial charge < -0.3 is 10.8 Å². The Balaban J connectivity index is 1.95.